The molecule has 0 bridgehead atoms. The maximum Gasteiger partial charge on any atom is 0.119 e. The molecule has 0 spiro atoms. The molecule has 0 fully saturated rings. The Balaban J connectivity index is 1.45. The van der Waals surface area contributed by atoms with Crippen LogP contribution in [0, 0.1) is 0 Å². The lowest BCUT2D eigenvalue weighted by molar-refractivity contribution is 0.568. The van der Waals surface area contributed by atoms with Crippen LogP contribution in [0.25, 0.3) is 0 Å². The molecule has 4 aromatic carbocycles. The van der Waals surface area contributed by atoms with Crippen LogP contribution in [-0.2, 0) is 6.42 Å². The normalized spacial score (nSPS) is 16.0. The fraction of sp³-hybridized carbons (Fsp3) is 0.351. The maximum atomic E-state index is 2.57. The van der Waals surface area contributed by atoms with Crippen LogP contribution in [0.5, 0.6) is 0 Å². The summed E-state index contributed by atoms with van der Waals surface area (Å²) in [6.45, 7) is 4.79. The van der Waals surface area contributed by atoms with Crippen LogP contribution in [0.3, 0.4) is 0 Å². The molecule has 2 heteroatoms. The standard InChI is InChI=1S/C37H44PS/c1-3-4-5-6-7-17-24-36-27-25-32-29-31(26-28-37(32)39-36)30(2)38(33-18-11-8-12-19-33,34-20-13-9-14-21-34)35-22-15-10-16-23-35/h8-16,18-23,26,28-30,36H,3-7,17,24-25,27H2,1-2H3/q+1. The Morgan fingerprint density at radius 2 is 1.23 bits per heavy atom. The minimum absolute atomic E-state index is 0.376. The Labute approximate surface area is 242 Å². The molecule has 1 aliphatic rings. The Morgan fingerprint density at radius 3 is 1.79 bits per heavy atom. The van der Waals surface area contributed by atoms with Gasteiger partial charge in [-0.2, -0.15) is 0 Å². The molecule has 0 saturated heterocycles. The van der Waals surface area contributed by atoms with Gasteiger partial charge in [-0.1, -0.05) is 112 Å². The van der Waals surface area contributed by atoms with E-state index in [4.69, 9.17) is 0 Å². The molecule has 202 valence electrons. The molecular weight excluding hydrogens is 507 g/mol. The summed E-state index contributed by atoms with van der Waals surface area (Å²) in [6, 6.07) is 41.4. The zero-order valence-electron chi connectivity index (χ0n) is 23.8. The molecular formula is C37H44PS+. The highest BCUT2D eigenvalue weighted by Crippen LogP contribution is 2.66. The predicted octanol–water partition coefficient (Wildman–Crippen LogP) is 9.90. The van der Waals surface area contributed by atoms with Crippen LogP contribution in [0.1, 0.15) is 82.0 Å². The van der Waals surface area contributed by atoms with Crippen molar-refractivity contribution in [3.05, 3.63) is 120 Å². The van der Waals surface area contributed by atoms with E-state index in [0.29, 0.717) is 5.66 Å². The molecule has 0 aliphatic carbocycles. The van der Waals surface area contributed by atoms with Crippen molar-refractivity contribution in [1.82, 2.24) is 0 Å². The maximum absolute atomic E-state index is 2.57. The van der Waals surface area contributed by atoms with E-state index in [1.165, 1.54) is 84.2 Å². The van der Waals surface area contributed by atoms with E-state index in [-0.39, 0.29) is 0 Å². The minimum Gasteiger partial charge on any atom is -0.122 e. The second-order valence-electron chi connectivity index (χ2n) is 11.1. The molecule has 0 aromatic heterocycles. The summed E-state index contributed by atoms with van der Waals surface area (Å²) in [4.78, 5) is 1.52. The van der Waals surface area contributed by atoms with Crippen molar-refractivity contribution >= 4 is 34.9 Å². The molecule has 5 rings (SSSR count). The highest BCUT2D eigenvalue weighted by molar-refractivity contribution is 8.00. The molecule has 4 aromatic rings. The summed E-state index contributed by atoms with van der Waals surface area (Å²) in [7, 11) is -1.95. The third kappa shape index (κ3) is 6.37. The average Bonchev–Trinajstić information content (AvgIpc) is 3.00. The quantitative estimate of drug-likeness (QED) is 0.125. The first-order valence-corrected chi connectivity index (χ1v) is 17.8. The Morgan fingerprint density at radius 1 is 0.692 bits per heavy atom. The Bertz CT molecular complexity index is 1190. The van der Waals surface area contributed by atoms with Crippen molar-refractivity contribution in [2.75, 3.05) is 0 Å². The zero-order chi connectivity index (χ0) is 26.9. The van der Waals surface area contributed by atoms with Crippen molar-refractivity contribution in [2.24, 2.45) is 0 Å². The summed E-state index contributed by atoms with van der Waals surface area (Å²) in [6.07, 6.45) is 12.3. The number of benzene rings is 4. The predicted molar refractivity (Wildman–Crippen MR) is 176 cm³/mol. The van der Waals surface area contributed by atoms with Crippen molar-refractivity contribution in [2.45, 2.75) is 87.4 Å². The van der Waals surface area contributed by atoms with Gasteiger partial charge in [0.15, 0.2) is 0 Å². The van der Waals surface area contributed by atoms with Gasteiger partial charge in [0.2, 0.25) is 0 Å². The Hall–Kier alpha value is -2.34. The lowest BCUT2D eigenvalue weighted by Crippen LogP contribution is -2.34. The van der Waals surface area contributed by atoms with Gasteiger partial charge in [0.05, 0.1) is 0 Å². The van der Waals surface area contributed by atoms with Crippen molar-refractivity contribution in [1.29, 1.82) is 0 Å². The number of unbranched alkanes of at least 4 members (excludes halogenated alkanes) is 5. The monoisotopic (exact) mass is 551 g/mol. The van der Waals surface area contributed by atoms with E-state index in [0.717, 1.165) is 5.25 Å². The van der Waals surface area contributed by atoms with Gasteiger partial charge in [0, 0.05) is 10.1 Å². The highest BCUT2D eigenvalue weighted by Gasteiger charge is 2.51. The molecule has 0 N–H and O–H groups in total. The Kier molecular flexibility index (Phi) is 10.00. The third-order valence-electron chi connectivity index (χ3n) is 8.55. The first-order valence-electron chi connectivity index (χ1n) is 15.1. The van der Waals surface area contributed by atoms with E-state index < -0.39 is 7.26 Å². The van der Waals surface area contributed by atoms with Crippen LogP contribution in [0.2, 0.25) is 0 Å². The number of hydrogen-bond acceptors (Lipinski definition) is 1. The number of aryl methyl sites for hydroxylation is 1. The van der Waals surface area contributed by atoms with Gasteiger partial charge >= 0.3 is 0 Å². The van der Waals surface area contributed by atoms with Gasteiger partial charge in [-0.3, -0.25) is 0 Å². The molecule has 1 heterocycles. The van der Waals surface area contributed by atoms with Crippen molar-refractivity contribution < 1.29 is 0 Å². The topological polar surface area (TPSA) is 0 Å². The summed E-state index contributed by atoms with van der Waals surface area (Å²) in [5.74, 6) is 0. The molecule has 0 amide bonds. The zero-order valence-corrected chi connectivity index (χ0v) is 25.5. The first-order chi connectivity index (χ1) is 19.2. The van der Waals surface area contributed by atoms with E-state index in [1.54, 1.807) is 5.56 Å². The van der Waals surface area contributed by atoms with Crippen molar-refractivity contribution in [3.8, 4) is 0 Å². The van der Waals surface area contributed by atoms with Crippen LogP contribution in [-0.4, -0.2) is 5.25 Å². The number of fused-ring (bicyclic) bond motifs is 1. The fourth-order valence-corrected chi connectivity index (χ4v) is 12.5. The van der Waals surface area contributed by atoms with E-state index >= 15 is 0 Å². The first kappa shape index (κ1) is 28.2. The van der Waals surface area contributed by atoms with Gasteiger partial charge in [-0.25, -0.2) is 0 Å². The second kappa shape index (κ2) is 13.8. The van der Waals surface area contributed by atoms with E-state index in [9.17, 15) is 0 Å². The number of thioether (sulfide) groups is 1. The summed E-state index contributed by atoms with van der Waals surface area (Å²) >= 11 is 2.15. The SMILES string of the molecule is CCCCCCCCC1CCc2cc(C(C)[P+](c3ccccc3)(c3ccccc3)c3ccccc3)ccc2S1. The largest absolute Gasteiger partial charge is 0.122 e. The van der Waals surface area contributed by atoms with Gasteiger partial charge in [0.25, 0.3) is 0 Å². The number of rotatable bonds is 12. The van der Waals surface area contributed by atoms with Gasteiger partial charge < -0.3 is 0 Å². The fourth-order valence-electron chi connectivity index (χ4n) is 6.41. The van der Waals surface area contributed by atoms with E-state index in [1.807, 2.05) is 0 Å². The molecule has 1 aliphatic heterocycles. The molecule has 39 heavy (non-hydrogen) atoms. The number of hydrogen-bond donors (Lipinski definition) is 0. The van der Waals surface area contributed by atoms with E-state index in [2.05, 4.69) is 135 Å². The van der Waals surface area contributed by atoms with Gasteiger partial charge in [-0.05, 0) is 79.8 Å². The lowest BCUT2D eigenvalue weighted by atomic mass is 10.0. The summed E-state index contributed by atoms with van der Waals surface area (Å²) in [5.41, 5.74) is 3.42. The third-order valence-corrected chi connectivity index (χ3v) is 14.8. The minimum atomic E-state index is -1.95. The summed E-state index contributed by atoms with van der Waals surface area (Å²) in [5, 5.41) is 5.17. The highest BCUT2D eigenvalue weighted by atomic mass is 32.2. The molecule has 0 nitrogen and oxygen atoms in total. The molecule has 0 radical (unpaired) electrons. The van der Waals surface area contributed by atoms with Crippen LogP contribution in [0.15, 0.2) is 114 Å². The summed E-state index contributed by atoms with van der Waals surface area (Å²) < 4.78 is 0. The van der Waals surface area contributed by atoms with Crippen LogP contribution in [0.4, 0.5) is 0 Å². The molecule has 2 unspecified atom stereocenters. The lowest BCUT2D eigenvalue weighted by Gasteiger charge is -2.34. The van der Waals surface area contributed by atoms with Gasteiger partial charge in [-0.15, -0.1) is 11.8 Å². The van der Waals surface area contributed by atoms with Crippen LogP contribution >= 0.6 is 19.0 Å². The second-order valence-corrected chi connectivity index (χ2v) is 16.2. The van der Waals surface area contributed by atoms with Gasteiger partial charge in [0.1, 0.15) is 28.8 Å². The van der Waals surface area contributed by atoms with Crippen LogP contribution < -0.4 is 15.9 Å². The molecule has 2 atom stereocenters. The van der Waals surface area contributed by atoms with Crippen molar-refractivity contribution in [3.63, 3.8) is 0 Å². The smallest absolute Gasteiger partial charge is 0.119 e. The molecule has 0 saturated carbocycles. The average molecular weight is 552 g/mol.